The highest BCUT2D eigenvalue weighted by molar-refractivity contribution is 5.82. The summed E-state index contributed by atoms with van der Waals surface area (Å²) >= 11 is 0. The van der Waals surface area contributed by atoms with Crippen LogP contribution in [0.25, 0.3) is 33.5 Å². The number of aromatic nitrogens is 3. The van der Waals surface area contributed by atoms with Gasteiger partial charge in [-0.3, -0.25) is 0 Å². The summed E-state index contributed by atoms with van der Waals surface area (Å²) in [6.45, 7) is 6.53. The first-order valence-corrected chi connectivity index (χ1v) is 8.83. The minimum Gasteiger partial charge on any atom is -0.237 e. The average Bonchev–Trinajstić information content (AvgIpc) is 2.66. The molecule has 3 nitrogen and oxygen atoms in total. The van der Waals surface area contributed by atoms with Crippen molar-refractivity contribution in [3.05, 3.63) is 77.6 Å². The van der Waals surface area contributed by atoms with Crippen LogP contribution in [0.15, 0.2) is 60.9 Å². The molecule has 0 bridgehead atoms. The molecule has 128 valence electrons. The molecule has 0 saturated heterocycles. The fraction of sp³-hybridized carbons (Fsp3) is 0.174. The highest BCUT2D eigenvalue weighted by Gasteiger charge is 2.17. The van der Waals surface area contributed by atoms with Crippen molar-refractivity contribution in [3.63, 3.8) is 0 Å². The van der Waals surface area contributed by atoms with Crippen molar-refractivity contribution >= 4 is 10.9 Å². The van der Waals surface area contributed by atoms with E-state index >= 15 is 0 Å². The van der Waals surface area contributed by atoms with Gasteiger partial charge in [-0.25, -0.2) is 9.97 Å². The van der Waals surface area contributed by atoms with E-state index in [2.05, 4.69) is 84.8 Å². The Bertz CT molecular complexity index is 1120. The lowest BCUT2D eigenvalue weighted by atomic mass is 9.96. The van der Waals surface area contributed by atoms with Crippen LogP contribution in [0, 0.1) is 20.8 Å². The number of benzene rings is 2. The van der Waals surface area contributed by atoms with E-state index in [0.29, 0.717) is 0 Å². The zero-order valence-corrected chi connectivity index (χ0v) is 15.6. The van der Waals surface area contributed by atoms with Crippen molar-refractivity contribution in [1.29, 1.82) is 0 Å². The molecule has 0 aliphatic heterocycles. The van der Waals surface area contributed by atoms with Crippen molar-refractivity contribution in [2.24, 2.45) is 7.05 Å². The van der Waals surface area contributed by atoms with Crippen LogP contribution in [-0.2, 0) is 7.05 Å². The van der Waals surface area contributed by atoms with Crippen LogP contribution in [-0.4, -0.2) is 9.97 Å². The van der Waals surface area contributed by atoms with Crippen molar-refractivity contribution in [3.8, 4) is 22.6 Å². The average molecular weight is 340 g/mol. The molecule has 0 N–H and O–H groups in total. The van der Waals surface area contributed by atoms with E-state index < -0.39 is 0 Å². The van der Waals surface area contributed by atoms with Gasteiger partial charge >= 0.3 is 0 Å². The molecule has 0 saturated carbocycles. The van der Waals surface area contributed by atoms with Crippen molar-refractivity contribution in [1.82, 2.24) is 9.97 Å². The molecule has 0 amide bonds. The third kappa shape index (κ3) is 2.76. The van der Waals surface area contributed by atoms with E-state index in [4.69, 9.17) is 0 Å². The number of hydrogen-bond acceptors (Lipinski definition) is 2. The number of hydrogen-bond donors (Lipinski definition) is 0. The van der Waals surface area contributed by atoms with Gasteiger partial charge in [-0.15, -0.1) is 0 Å². The zero-order chi connectivity index (χ0) is 18.3. The minimum atomic E-state index is 0.756. The van der Waals surface area contributed by atoms with Gasteiger partial charge in [0.05, 0.1) is 0 Å². The number of pyridine rings is 1. The molecule has 3 heteroatoms. The van der Waals surface area contributed by atoms with Gasteiger partial charge in [-0.1, -0.05) is 11.6 Å². The molecule has 0 atom stereocenters. The van der Waals surface area contributed by atoms with Crippen LogP contribution in [0.4, 0.5) is 0 Å². The first kappa shape index (κ1) is 16.4. The molecule has 2 aromatic heterocycles. The molecule has 0 aliphatic carbocycles. The molecule has 0 unspecified atom stereocenters. The third-order valence-corrected chi connectivity index (χ3v) is 5.08. The Balaban J connectivity index is 1.89. The maximum absolute atomic E-state index is 4.36. The Hall–Kier alpha value is -3.07. The lowest BCUT2D eigenvalue weighted by Crippen LogP contribution is -2.32. The first-order valence-electron chi connectivity index (χ1n) is 8.83. The van der Waals surface area contributed by atoms with Gasteiger partial charge in [-0.05, 0) is 62.2 Å². The standard InChI is InChI=1S/C23H22N3/c1-15-12-16(2)17(3)20(13-15)22-9-6-18-14-19(7-8-21(18)26(22)4)23-24-10-5-11-25-23/h5-14H,1-4H3/q+1. The van der Waals surface area contributed by atoms with Crippen molar-refractivity contribution in [2.75, 3.05) is 0 Å². The molecule has 0 radical (unpaired) electrons. The van der Waals surface area contributed by atoms with E-state index in [-0.39, 0.29) is 0 Å². The lowest BCUT2D eigenvalue weighted by molar-refractivity contribution is -0.633. The van der Waals surface area contributed by atoms with Crippen LogP contribution in [0.3, 0.4) is 0 Å². The quantitative estimate of drug-likeness (QED) is 0.495. The smallest absolute Gasteiger partial charge is 0.213 e. The maximum atomic E-state index is 4.36. The van der Waals surface area contributed by atoms with Gasteiger partial charge in [0.2, 0.25) is 11.2 Å². The molecule has 0 aliphatic rings. The highest BCUT2D eigenvalue weighted by Crippen LogP contribution is 2.27. The Morgan fingerprint density at radius 2 is 1.62 bits per heavy atom. The summed E-state index contributed by atoms with van der Waals surface area (Å²) in [6.07, 6.45) is 3.55. The first-order chi connectivity index (χ1) is 12.5. The van der Waals surface area contributed by atoms with Gasteiger partial charge in [0.1, 0.15) is 7.05 Å². The summed E-state index contributed by atoms with van der Waals surface area (Å²) < 4.78 is 2.27. The van der Waals surface area contributed by atoms with Gasteiger partial charge in [-0.2, -0.15) is 4.57 Å². The summed E-state index contributed by atoms with van der Waals surface area (Å²) in [5, 5.41) is 1.18. The van der Waals surface area contributed by atoms with Crippen LogP contribution in [0.1, 0.15) is 16.7 Å². The fourth-order valence-electron chi connectivity index (χ4n) is 3.57. The molecule has 0 spiro atoms. The topological polar surface area (TPSA) is 29.7 Å². The van der Waals surface area contributed by atoms with E-state index in [0.717, 1.165) is 11.4 Å². The van der Waals surface area contributed by atoms with Crippen molar-refractivity contribution in [2.45, 2.75) is 20.8 Å². The van der Waals surface area contributed by atoms with Crippen LogP contribution in [0.5, 0.6) is 0 Å². The molecular formula is C23H22N3+. The Morgan fingerprint density at radius 3 is 2.38 bits per heavy atom. The maximum Gasteiger partial charge on any atom is 0.213 e. The second-order valence-electron chi connectivity index (χ2n) is 6.88. The summed E-state index contributed by atoms with van der Waals surface area (Å²) in [6, 6.07) is 17.2. The van der Waals surface area contributed by atoms with Crippen LogP contribution >= 0.6 is 0 Å². The molecule has 4 aromatic rings. The highest BCUT2D eigenvalue weighted by atomic mass is 14.9. The van der Waals surface area contributed by atoms with Crippen LogP contribution in [0.2, 0.25) is 0 Å². The number of aryl methyl sites for hydroxylation is 3. The van der Waals surface area contributed by atoms with Crippen molar-refractivity contribution < 1.29 is 4.57 Å². The largest absolute Gasteiger partial charge is 0.237 e. The summed E-state index contributed by atoms with van der Waals surface area (Å²) in [7, 11) is 2.13. The second kappa shape index (κ2) is 6.34. The van der Waals surface area contributed by atoms with E-state index in [1.165, 1.54) is 38.9 Å². The molecule has 2 heterocycles. The minimum absolute atomic E-state index is 0.756. The SMILES string of the molecule is Cc1cc(C)c(C)c(-c2ccc3cc(-c4ncccn4)ccc3[n+]2C)c1. The van der Waals surface area contributed by atoms with E-state index in [9.17, 15) is 0 Å². The van der Waals surface area contributed by atoms with Crippen LogP contribution < -0.4 is 4.57 Å². The molecule has 26 heavy (non-hydrogen) atoms. The Morgan fingerprint density at radius 1 is 0.846 bits per heavy atom. The summed E-state index contributed by atoms with van der Waals surface area (Å²) in [5.41, 5.74) is 8.71. The monoisotopic (exact) mass is 340 g/mol. The number of fused-ring (bicyclic) bond motifs is 1. The summed E-state index contributed by atoms with van der Waals surface area (Å²) in [5.74, 6) is 0.756. The predicted molar refractivity (Wildman–Crippen MR) is 106 cm³/mol. The van der Waals surface area contributed by atoms with Gasteiger partial charge in [0, 0.05) is 41.0 Å². The predicted octanol–water partition coefficient (Wildman–Crippen LogP) is 4.71. The Kier molecular flexibility index (Phi) is 4.00. The van der Waals surface area contributed by atoms with E-state index in [1.807, 2.05) is 6.07 Å². The molecule has 0 fully saturated rings. The number of nitrogens with zero attached hydrogens (tertiary/aromatic N) is 3. The van der Waals surface area contributed by atoms with E-state index in [1.54, 1.807) is 12.4 Å². The second-order valence-corrected chi connectivity index (χ2v) is 6.88. The normalized spacial score (nSPS) is 11.1. The fourth-order valence-corrected chi connectivity index (χ4v) is 3.57. The van der Waals surface area contributed by atoms with Gasteiger partial charge < -0.3 is 0 Å². The van der Waals surface area contributed by atoms with Gasteiger partial charge in [0.25, 0.3) is 0 Å². The lowest BCUT2D eigenvalue weighted by Gasteiger charge is -2.10. The number of rotatable bonds is 2. The molecular weight excluding hydrogens is 318 g/mol. The Labute approximate surface area is 154 Å². The molecule has 2 aromatic carbocycles. The third-order valence-electron chi connectivity index (χ3n) is 5.08. The molecule has 4 rings (SSSR count). The summed E-state index contributed by atoms with van der Waals surface area (Å²) in [4.78, 5) is 8.71. The van der Waals surface area contributed by atoms with Gasteiger partial charge in [0.15, 0.2) is 5.82 Å². The zero-order valence-electron chi connectivity index (χ0n) is 15.6.